The van der Waals surface area contributed by atoms with E-state index in [1.807, 2.05) is 0 Å². The maximum Gasteiger partial charge on any atom is 0.534 e. The number of carbonyl (C=O) groups is 1. The average molecular weight is 316 g/mol. The van der Waals surface area contributed by atoms with Gasteiger partial charge in [0.15, 0.2) is 0 Å². The predicted octanol–water partition coefficient (Wildman–Crippen LogP) is 2.49. The van der Waals surface area contributed by atoms with Crippen LogP contribution in [0.4, 0.5) is 13.2 Å². The van der Waals surface area contributed by atoms with Gasteiger partial charge in [0.1, 0.15) is 0 Å². The Labute approximate surface area is 114 Å². The summed E-state index contributed by atoms with van der Waals surface area (Å²) in [5.74, 6) is -2.37. The Kier molecular flexibility index (Phi) is 5.43. The van der Waals surface area contributed by atoms with Crippen molar-refractivity contribution in [2.75, 3.05) is 7.11 Å². The zero-order valence-corrected chi connectivity index (χ0v) is 11.6. The van der Waals surface area contributed by atoms with Crippen LogP contribution in [0.2, 0.25) is 0 Å². The van der Waals surface area contributed by atoms with Crippen LogP contribution in [0.1, 0.15) is 32.1 Å². The van der Waals surface area contributed by atoms with Crippen LogP contribution in [0, 0.1) is 5.92 Å². The van der Waals surface area contributed by atoms with Crippen LogP contribution in [-0.2, 0) is 23.8 Å². The first-order chi connectivity index (χ1) is 9.17. The first-order valence-electron chi connectivity index (χ1n) is 5.98. The van der Waals surface area contributed by atoms with Gasteiger partial charge in [-0.3, -0.25) is 0 Å². The topological polar surface area (TPSA) is 69.7 Å². The van der Waals surface area contributed by atoms with Gasteiger partial charge in [-0.25, -0.2) is 4.79 Å². The van der Waals surface area contributed by atoms with Crippen LogP contribution in [0.15, 0.2) is 11.8 Å². The minimum absolute atomic E-state index is 0.193. The third-order valence-corrected chi connectivity index (χ3v) is 3.87. The average Bonchev–Trinajstić information content (AvgIpc) is 2.36. The first-order valence-corrected chi connectivity index (χ1v) is 7.39. The lowest BCUT2D eigenvalue weighted by Crippen LogP contribution is -2.27. The quantitative estimate of drug-likeness (QED) is 0.262. The maximum atomic E-state index is 12.2. The van der Waals surface area contributed by atoms with E-state index in [9.17, 15) is 26.4 Å². The van der Waals surface area contributed by atoms with Gasteiger partial charge in [-0.2, -0.15) is 21.6 Å². The number of carbonyl (C=O) groups excluding carboxylic acids is 1. The summed E-state index contributed by atoms with van der Waals surface area (Å²) in [6.45, 7) is 0. The highest BCUT2D eigenvalue weighted by atomic mass is 32.2. The summed E-state index contributed by atoms with van der Waals surface area (Å²) < 4.78 is 66.7. The van der Waals surface area contributed by atoms with Crippen molar-refractivity contribution in [1.82, 2.24) is 0 Å². The number of allylic oxidation sites excluding steroid dienone is 1. The summed E-state index contributed by atoms with van der Waals surface area (Å²) in [5.41, 5.74) is -5.59. The molecule has 0 spiro atoms. The molecule has 5 nitrogen and oxygen atoms in total. The van der Waals surface area contributed by atoms with Crippen molar-refractivity contribution in [3.05, 3.63) is 11.8 Å². The van der Waals surface area contributed by atoms with Gasteiger partial charge >= 0.3 is 21.6 Å². The fourth-order valence-electron chi connectivity index (χ4n) is 1.91. The first kappa shape index (κ1) is 16.8. The van der Waals surface area contributed by atoms with E-state index < -0.39 is 27.4 Å². The van der Waals surface area contributed by atoms with Crippen LogP contribution < -0.4 is 0 Å². The molecule has 0 unspecified atom stereocenters. The number of halogens is 3. The fourth-order valence-corrected chi connectivity index (χ4v) is 2.37. The van der Waals surface area contributed by atoms with Gasteiger partial charge in [-0.1, -0.05) is 19.3 Å². The van der Waals surface area contributed by atoms with E-state index in [0.717, 1.165) is 32.4 Å². The molecule has 0 N–H and O–H groups in total. The molecule has 1 saturated carbocycles. The second-order valence-corrected chi connectivity index (χ2v) is 5.94. The standard InChI is InChI=1S/C11H15F3O5S/c1-18-10(15)9(7-8-5-3-2-4-6-8)19-20(16,17)11(12,13)14/h7-8H,2-6H2,1H3/b9-7-. The normalized spacial score (nSPS) is 18.7. The summed E-state index contributed by atoms with van der Waals surface area (Å²) in [6.07, 6.45) is 5.16. The Morgan fingerprint density at radius 1 is 1.20 bits per heavy atom. The van der Waals surface area contributed by atoms with Crippen molar-refractivity contribution < 1.29 is 35.3 Å². The van der Waals surface area contributed by atoms with Crippen molar-refractivity contribution in [1.29, 1.82) is 0 Å². The van der Waals surface area contributed by atoms with E-state index in [1.54, 1.807) is 0 Å². The Balaban J connectivity index is 2.96. The summed E-state index contributed by atoms with van der Waals surface area (Å²) >= 11 is 0. The number of hydrogen-bond acceptors (Lipinski definition) is 5. The molecule has 1 fully saturated rings. The number of hydrogen-bond donors (Lipinski definition) is 0. The lowest BCUT2D eigenvalue weighted by atomic mass is 9.89. The van der Waals surface area contributed by atoms with E-state index >= 15 is 0 Å². The molecule has 0 aromatic carbocycles. The van der Waals surface area contributed by atoms with Crippen LogP contribution in [-0.4, -0.2) is 27.0 Å². The molecule has 9 heteroatoms. The fraction of sp³-hybridized carbons (Fsp3) is 0.727. The highest BCUT2D eigenvalue weighted by molar-refractivity contribution is 7.87. The Hall–Kier alpha value is -1.25. The number of esters is 1. The molecule has 20 heavy (non-hydrogen) atoms. The molecular formula is C11H15F3O5S. The molecule has 0 radical (unpaired) electrons. The van der Waals surface area contributed by atoms with E-state index in [-0.39, 0.29) is 5.92 Å². The molecule has 0 aromatic heterocycles. The van der Waals surface area contributed by atoms with Gasteiger partial charge in [-0.05, 0) is 24.8 Å². The molecular weight excluding hydrogens is 301 g/mol. The summed E-state index contributed by atoms with van der Waals surface area (Å²) in [7, 11) is -4.94. The van der Waals surface area contributed by atoms with E-state index in [2.05, 4.69) is 8.92 Å². The highest BCUT2D eigenvalue weighted by Crippen LogP contribution is 2.30. The summed E-state index contributed by atoms with van der Waals surface area (Å²) in [5, 5.41) is 0. The Bertz CT molecular complexity index is 475. The Morgan fingerprint density at radius 3 is 2.20 bits per heavy atom. The molecule has 0 saturated heterocycles. The summed E-state index contributed by atoms with van der Waals surface area (Å²) in [6, 6.07) is 0. The van der Waals surface area contributed by atoms with Crippen LogP contribution in [0.3, 0.4) is 0 Å². The number of rotatable bonds is 4. The SMILES string of the molecule is COC(=O)/C(=C/C1CCCCC1)OS(=O)(=O)C(F)(F)F. The van der Waals surface area contributed by atoms with Gasteiger partial charge < -0.3 is 8.92 Å². The molecule has 1 aliphatic carbocycles. The lowest BCUT2D eigenvalue weighted by molar-refractivity contribution is -0.138. The van der Waals surface area contributed by atoms with Crippen molar-refractivity contribution in [2.45, 2.75) is 37.6 Å². The van der Waals surface area contributed by atoms with E-state index in [4.69, 9.17) is 0 Å². The second kappa shape index (κ2) is 6.47. The minimum atomic E-state index is -5.87. The second-order valence-electron chi connectivity index (χ2n) is 4.40. The van der Waals surface area contributed by atoms with E-state index in [1.165, 1.54) is 0 Å². The molecule has 1 aliphatic rings. The number of ether oxygens (including phenoxy) is 1. The minimum Gasteiger partial charge on any atom is -0.463 e. The number of methoxy groups -OCH3 is 1. The lowest BCUT2D eigenvalue weighted by Gasteiger charge is -2.19. The largest absolute Gasteiger partial charge is 0.534 e. The maximum absolute atomic E-state index is 12.2. The van der Waals surface area contributed by atoms with Gasteiger partial charge in [0, 0.05) is 0 Å². The molecule has 116 valence electrons. The van der Waals surface area contributed by atoms with E-state index in [0.29, 0.717) is 12.8 Å². The zero-order valence-electron chi connectivity index (χ0n) is 10.8. The molecule has 0 aromatic rings. The third kappa shape index (κ3) is 4.39. The summed E-state index contributed by atoms with van der Waals surface area (Å²) in [4.78, 5) is 11.3. The van der Waals surface area contributed by atoms with Crippen molar-refractivity contribution in [3.8, 4) is 0 Å². The third-order valence-electron chi connectivity index (χ3n) is 2.91. The molecule has 0 atom stereocenters. The predicted molar refractivity (Wildman–Crippen MR) is 62.7 cm³/mol. The molecule has 0 amide bonds. The monoisotopic (exact) mass is 316 g/mol. The van der Waals surface area contributed by atoms with Gasteiger partial charge in [0.25, 0.3) is 0 Å². The highest BCUT2D eigenvalue weighted by Gasteiger charge is 2.49. The van der Waals surface area contributed by atoms with Crippen molar-refractivity contribution in [3.63, 3.8) is 0 Å². The molecule has 1 rings (SSSR count). The van der Waals surface area contributed by atoms with Crippen molar-refractivity contribution >= 4 is 16.1 Å². The van der Waals surface area contributed by atoms with Crippen LogP contribution in [0.5, 0.6) is 0 Å². The molecule has 0 bridgehead atoms. The number of alkyl halides is 3. The van der Waals surface area contributed by atoms with Gasteiger partial charge in [-0.15, -0.1) is 0 Å². The van der Waals surface area contributed by atoms with Crippen LogP contribution in [0.25, 0.3) is 0 Å². The van der Waals surface area contributed by atoms with Crippen molar-refractivity contribution in [2.24, 2.45) is 5.92 Å². The molecule has 0 aliphatic heterocycles. The van der Waals surface area contributed by atoms with Gasteiger partial charge in [0.2, 0.25) is 5.76 Å². The smallest absolute Gasteiger partial charge is 0.463 e. The molecule has 0 heterocycles. The Morgan fingerprint density at radius 2 is 1.75 bits per heavy atom. The zero-order chi connectivity index (χ0) is 15.4. The van der Waals surface area contributed by atoms with Gasteiger partial charge in [0.05, 0.1) is 7.11 Å². The van der Waals surface area contributed by atoms with Crippen LogP contribution >= 0.6 is 0 Å².